The summed E-state index contributed by atoms with van der Waals surface area (Å²) in [5.74, 6) is 2.41. The van der Waals surface area contributed by atoms with Crippen LogP contribution in [0.15, 0.2) is 10.7 Å². The molecule has 2 heterocycles. The summed E-state index contributed by atoms with van der Waals surface area (Å²) in [6.07, 6.45) is 8.13. The highest BCUT2D eigenvalue weighted by atomic mass is 79.9. The minimum atomic E-state index is -0.460. The lowest BCUT2D eigenvalue weighted by Crippen LogP contribution is -2.42. The number of piperidine rings is 1. The molecule has 7 nitrogen and oxygen atoms in total. The van der Waals surface area contributed by atoms with E-state index >= 15 is 0 Å². The molecule has 0 spiro atoms. The molecule has 3 rings (SSSR count). The van der Waals surface area contributed by atoms with E-state index < -0.39 is 5.60 Å². The van der Waals surface area contributed by atoms with Crippen molar-refractivity contribution in [3.05, 3.63) is 10.7 Å². The van der Waals surface area contributed by atoms with Gasteiger partial charge in [0.2, 0.25) is 11.8 Å². The Balaban J connectivity index is 1.46. The van der Waals surface area contributed by atoms with E-state index in [0.29, 0.717) is 43.5 Å². The number of halogens is 1. The van der Waals surface area contributed by atoms with E-state index in [0.717, 1.165) is 36.1 Å². The van der Waals surface area contributed by atoms with Gasteiger partial charge in [0.05, 0.1) is 17.3 Å². The fourth-order valence-corrected chi connectivity index (χ4v) is 4.22. The third-order valence-corrected chi connectivity index (χ3v) is 6.33. The van der Waals surface area contributed by atoms with Crippen LogP contribution in [0.25, 0.3) is 0 Å². The van der Waals surface area contributed by atoms with E-state index in [1.807, 2.05) is 20.8 Å². The Bertz CT molecular complexity index is 709. The summed E-state index contributed by atoms with van der Waals surface area (Å²) in [6, 6.07) is 0.437. The molecule has 0 bridgehead atoms. The summed E-state index contributed by atoms with van der Waals surface area (Å²) >= 11 is 3.50. The zero-order chi connectivity index (χ0) is 21.7. The number of amides is 1. The largest absolute Gasteiger partial charge is 0.476 e. The van der Waals surface area contributed by atoms with E-state index in [2.05, 4.69) is 38.1 Å². The zero-order valence-corrected chi connectivity index (χ0v) is 20.2. The van der Waals surface area contributed by atoms with E-state index in [1.54, 1.807) is 11.1 Å². The van der Waals surface area contributed by atoms with Crippen LogP contribution >= 0.6 is 15.9 Å². The second-order valence-corrected chi connectivity index (χ2v) is 10.5. The van der Waals surface area contributed by atoms with Gasteiger partial charge in [-0.2, -0.15) is 4.98 Å². The molecule has 168 valence electrons. The van der Waals surface area contributed by atoms with Gasteiger partial charge in [-0.1, -0.05) is 6.92 Å². The van der Waals surface area contributed by atoms with Crippen LogP contribution < -0.4 is 10.1 Å². The Hall–Kier alpha value is -1.57. The smallest absolute Gasteiger partial charge is 0.410 e. The van der Waals surface area contributed by atoms with E-state index in [4.69, 9.17) is 9.47 Å². The number of aromatic nitrogens is 2. The lowest BCUT2D eigenvalue weighted by Gasteiger charge is -2.33. The molecule has 1 saturated heterocycles. The summed E-state index contributed by atoms with van der Waals surface area (Å²) in [5.41, 5.74) is -0.460. The number of carbonyl (C=O) groups is 1. The second kappa shape index (κ2) is 10.2. The molecule has 8 heteroatoms. The van der Waals surface area contributed by atoms with Crippen molar-refractivity contribution in [2.24, 2.45) is 11.8 Å². The number of ether oxygens (including phenoxy) is 2. The van der Waals surface area contributed by atoms with Crippen molar-refractivity contribution >= 4 is 28.0 Å². The van der Waals surface area contributed by atoms with Crippen molar-refractivity contribution in [3.8, 4) is 5.88 Å². The van der Waals surface area contributed by atoms with Crippen LogP contribution in [-0.4, -0.2) is 52.3 Å². The molecule has 0 radical (unpaired) electrons. The molecule has 1 saturated carbocycles. The molecule has 1 N–H and O–H groups in total. The number of rotatable bonds is 5. The number of hydrogen-bond donors (Lipinski definition) is 1. The lowest BCUT2D eigenvalue weighted by molar-refractivity contribution is 0.0164. The fraction of sp³-hybridized carbons (Fsp3) is 0.773. The maximum absolute atomic E-state index is 12.2. The first-order valence-corrected chi connectivity index (χ1v) is 11.9. The van der Waals surface area contributed by atoms with E-state index in [-0.39, 0.29) is 6.09 Å². The normalized spacial score (nSPS) is 23.2. The van der Waals surface area contributed by atoms with Crippen LogP contribution in [0.4, 0.5) is 10.7 Å². The van der Waals surface area contributed by atoms with Crippen LogP contribution in [0.1, 0.15) is 66.2 Å². The number of nitrogens with one attached hydrogen (secondary N) is 1. The summed E-state index contributed by atoms with van der Waals surface area (Å²) in [4.78, 5) is 23.0. The second-order valence-electron chi connectivity index (χ2n) is 9.67. The van der Waals surface area contributed by atoms with Crippen molar-refractivity contribution in [1.82, 2.24) is 14.9 Å². The predicted molar refractivity (Wildman–Crippen MR) is 121 cm³/mol. The highest BCUT2D eigenvalue weighted by Gasteiger charge is 2.27. The SMILES string of the molecule is CC(C)(C)OC(=O)N1CCC(COc2nc(N[C@H]3CC[C@@H](C)CC3)ncc2Br)CC1. The summed E-state index contributed by atoms with van der Waals surface area (Å²) in [6.45, 7) is 9.96. The van der Waals surface area contributed by atoms with Gasteiger partial charge in [0, 0.05) is 19.1 Å². The molecule has 1 aromatic heterocycles. The quantitative estimate of drug-likeness (QED) is 0.616. The van der Waals surface area contributed by atoms with Crippen molar-refractivity contribution in [1.29, 1.82) is 0 Å². The molecule has 30 heavy (non-hydrogen) atoms. The van der Waals surface area contributed by atoms with Crippen LogP contribution in [0.3, 0.4) is 0 Å². The monoisotopic (exact) mass is 482 g/mol. The Labute approximate surface area is 188 Å². The molecule has 0 atom stereocenters. The van der Waals surface area contributed by atoms with Crippen LogP contribution in [0.2, 0.25) is 0 Å². The molecule has 1 aliphatic heterocycles. The summed E-state index contributed by atoms with van der Waals surface area (Å²) in [7, 11) is 0. The van der Waals surface area contributed by atoms with Gasteiger partial charge in [-0.3, -0.25) is 0 Å². The van der Waals surface area contributed by atoms with Gasteiger partial charge in [0.25, 0.3) is 0 Å². The first kappa shape index (κ1) is 23.1. The minimum Gasteiger partial charge on any atom is -0.476 e. The Kier molecular flexibility index (Phi) is 7.82. The maximum Gasteiger partial charge on any atom is 0.410 e. The molecule has 0 unspecified atom stereocenters. The number of anilines is 1. The molecule has 1 aromatic rings. The number of carbonyl (C=O) groups excluding carboxylic acids is 1. The number of likely N-dealkylation sites (tertiary alicyclic amines) is 1. The summed E-state index contributed by atoms with van der Waals surface area (Å²) in [5, 5.41) is 3.46. The molecule has 2 fully saturated rings. The van der Waals surface area contributed by atoms with Gasteiger partial charge in [-0.25, -0.2) is 9.78 Å². The molecule has 1 aliphatic carbocycles. The zero-order valence-electron chi connectivity index (χ0n) is 18.6. The first-order chi connectivity index (χ1) is 14.2. The Morgan fingerprint density at radius 2 is 1.87 bits per heavy atom. The van der Waals surface area contributed by atoms with Crippen molar-refractivity contribution in [3.63, 3.8) is 0 Å². The van der Waals surface area contributed by atoms with Crippen molar-refractivity contribution in [2.45, 2.75) is 77.9 Å². The number of hydrogen-bond acceptors (Lipinski definition) is 6. The predicted octanol–water partition coefficient (Wildman–Crippen LogP) is 5.26. The lowest BCUT2D eigenvalue weighted by atomic mass is 9.87. The highest BCUT2D eigenvalue weighted by Crippen LogP contribution is 2.28. The fourth-order valence-electron chi connectivity index (χ4n) is 3.91. The van der Waals surface area contributed by atoms with Crippen LogP contribution in [0.5, 0.6) is 5.88 Å². The minimum absolute atomic E-state index is 0.228. The van der Waals surface area contributed by atoms with Gasteiger partial charge in [0.15, 0.2) is 0 Å². The third-order valence-electron chi connectivity index (χ3n) is 5.78. The van der Waals surface area contributed by atoms with Crippen molar-refractivity contribution in [2.75, 3.05) is 25.0 Å². The van der Waals surface area contributed by atoms with E-state index in [1.165, 1.54) is 12.8 Å². The van der Waals surface area contributed by atoms with Crippen molar-refractivity contribution < 1.29 is 14.3 Å². The average Bonchev–Trinajstić information content (AvgIpc) is 2.69. The van der Waals surface area contributed by atoms with Gasteiger partial charge in [0.1, 0.15) is 5.60 Å². The van der Waals surface area contributed by atoms with E-state index in [9.17, 15) is 4.79 Å². The topological polar surface area (TPSA) is 76.6 Å². The van der Waals surface area contributed by atoms with Gasteiger partial charge >= 0.3 is 6.09 Å². The molecular formula is C22H35BrN4O3. The average molecular weight is 483 g/mol. The van der Waals surface area contributed by atoms with Crippen LogP contribution in [-0.2, 0) is 4.74 Å². The third kappa shape index (κ3) is 7.00. The number of nitrogens with zero attached hydrogens (tertiary/aromatic N) is 3. The Morgan fingerprint density at radius 3 is 2.50 bits per heavy atom. The Morgan fingerprint density at radius 1 is 1.20 bits per heavy atom. The maximum atomic E-state index is 12.2. The molecular weight excluding hydrogens is 448 g/mol. The van der Waals surface area contributed by atoms with Gasteiger partial charge in [-0.05, 0) is 87.1 Å². The summed E-state index contributed by atoms with van der Waals surface area (Å²) < 4.78 is 12.3. The highest BCUT2D eigenvalue weighted by molar-refractivity contribution is 9.10. The molecule has 0 aromatic carbocycles. The van der Waals surface area contributed by atoms with Gasteiger partial charge < -0.3 is 19.7 Å². The first-order valence-electron chi connectivity index (χ1n) is 11.1. The molecule has 2 aliphatic rings. The van der Waals surface area contributed by atoms with Gasteiger partial charge in [-0.15, -0.1) is 0 Å². The van der Waals surface area contributed by atoms with Crippen LogP contribution in [0, 0.1) is 11.8 Å². The standard InChI is InChI=1S/C22H35BrN4O3/c1-15-5-7-17(8-6-15)25-20-24-13-18(23)19(26-20)29-14-16-9-11-27(12-10-16)21(28)30-22(2,3)4/h13,15-17H,5-12,14H2,1-4H3,(H,24,25,26)/t15-,17+. The molecule has 1 amide bonds.